The second-order valence-electron chi connectivity index (χ2n) is 6.92. The molecule has 0 aliphatic heterocycles. The average Bonchev–Trinajstić information content (AvgIpc) is 3.27. The Bertz CT molecular complexity index is 1020. The van der Waals surface area contributed by atoms with Crippen molar-refractivity contribution < 1.29 is 9.53 Å². The van der Waals surface area contributed by atoms with E-state index < -0.39 is 0 Å². The Labute approximate surface area is 168 Å². The van der Waals surface area contributed by atoms with Crippen LogP contribution in [0.15, 0.2) is 48.8 Å². The highest BCUT2D eigenvalue weighted by Gasteiger charge is 2.25. The van der Waals surface area contributed by atoms with E-state index in [-0.39, 0.29) is 29.6 Å². The molecule has 2 aromatic heterocycles. The molecule has 2 N–H and O–H groups in total. The summed E-state index contributed by atoms with van der Waals surface area (Å²) in [5.41, 5.74) is 2.34. The maximum atomic E-state index is 12.5. The number of rotatable bonds is 5. The molecule has 8 heteroatoms. The van der Waals surface area contributed by atoms with Crippen LogP contribution < -0.4 is 10.1 Å². The minimum absolute atomic E-state index is 0.0382. The molecule has 0 atom stereocenters. The number of nitrogens with one attached hydrogen (secondary N) is 2. The molecule has 146 valence electrons. The molecule has 29 heavy (non-hydrogen) atoms. The number of benzene rings is 1. The molecule has 1 aliphatic rings. The average molecular weight is 388 g/mol. The third kappa shape index (κ3) is 4.41. The van der Waals surface area contributed by atoms with Crippen LogP contribution in [-0.2, 0) is 0 Å². The molecule has 8 nitrogen and oxygen atoms in total. The fourth-order valence-corrected chi connectivity index (χ4v) is 3.43. The molecule has 4 rings (SSSR count). The predicted octanol–water partition coefficient (Wildman–Crippen LogP) is 2.86. The summed E-state index contributed by atoms with van der Waals surface area (Å²) in [6, 6.07) is 13.5. The van der Waals surface area contributed by atoms with Crippen molar-refractivity contribution in [2.45, 2.75) is 37.8 Å². The first-order chi connectivity index (χ1) is 14.2. The standard InChI is InChI=1S/C21H20N6O2/c22-13-19-21(24-11-10-23-19)29-16-8-6-15(7-9-16)25-20(28)18-12-17(26-27-18)14-4-2-1-3-5-14/h1-5,10-12,15-16H,6-9H2,(H,25,28)(H,26,27). The maximum Gasteiger partial charge on any atom is 0.269 e. The molecule has 1 aliphatic carbocycles. The van der Waals surface area contributed by atoms with Crippen molar-refractivity contribution >= 4 is 5.91 Å². The quantitative estimate of drug-likeness (QED) is 0.694. The van der Waals surface area contributed by atoms with Gasteiger partial charge in [0.15, 0.2) is 0 Å². The maximum absolute atomic E-state index is 12.5. The van der Waals surface area contributed by atoms with Gasteiger partial charge in [0.1, 0.15) is 17.9 Å². The van der Waals surface area contributed by atoms with Gasteiger partial charge in [0.25, 0.3) is 11.8 Å². The Morgan fingerprint density at radius 2 is 1.90 bits per heavy atom. The second kappa shape index (κ2) is 8.52. The number of hydrogen-bond donors (Lipinski definition) is 2. The molecule has 1 saturated carbocycles. The van der Waals surface area contributed by atoms with Crippen LogP contribution in [0.25, 0.3) is 11.3 Å². The van der Waals surface area contributed by atoms with E-state index in [2.05, 4.69) is 25.5 Å². The SMILES string of the molecule is N#Cc1nccnc1OC1CCC(NC(=O)c2cc(-c3ccccc3)n[nH]2)CC1. The number of amides is 1. The van der Waals surface area contributed by atoms with Crippen LogP contribution >= 0.6 is 0 Å². The zero-order valence-corrected chi connectivity index (χ0v) is 15.7. The molecule has 0 saturated heterocycles. The smallest absolute Gasteiger partial charge is 0.269 e. The summed E-state index contributed by atoms with van der Waals surface area (Å²) in [7, 11) is 0. The van der Waals surface area contributed by atoms with Gasteiger partial charge in [0, 0.05) is 24.0 Å². The van der Waals surface area contributed by atoms with Crippen LogP contribution in [0.3, 0.4) is 0 Å². The normalized spacial score (nSPS) is 18.6. The highest BCUT2D eigenvalue weighted by molar-refractivity contribution is 5.93. The van der Waals surface area contributed by atoms with Gasteiger partial charge in [-0.25, -0.2) is 9.97 Å². The lowest BCUT2D eigenvalue weighted by Gasteiger charge is -2.29. The van der Waals surface area contributed by atoms with Crippen molar-refractivity contribution in [3.8, 4) is 23.2 Å². The lowest BCUT2D eigenvalue weighted by atomic mass is 9.93. The van der Waals surface area contributed by atoms with Gasteiger partial charge in [-0.1, -0.05) is 30.3 Å². The topological polar surface area (TPSA) is 117 Å². The number of ether oxygens (including phenoxy) is 1. The number of H-pyrrole nitrogens is 1. The highest BCUT2D eigenvalue weighted by atomic mass is 16.5. The molecule has 0 radical (unpaired) electrons. The summed E-state index contributed by atoms with van der Waals surface area (Å²) in [6.45, 7) is 0. The second-order valence-corrected chi connectivity index (χ2v) is 6.92. The summed E-state index contributed by atoms with van der Waals surface area (Å²) >= 11 is 0. The predicted molar refractivity (Wildman–Crippen MR) is 105 cm³/mol. The Morgan fingerprint density at radius 3 is 2.66 bits per heavy atom. The number of nitrogens with zero attached hydrogens (tertiary/aromatic N) is 4. The lowest BCUT2D eigenvalue weighted by molar-refractivity contribution is 0.0884. The van der Waals surface area contributed by atoms with E-state index in [4.69, 9.17) is 10.00 Å². The van der Waals surface area contributed by atoms with E-state index in [1.807, 2.05) is 36.4 Å². The van der Waals surface area contributed by atoms with Gasteiger partial charge in [0.05, 0.1) is 5.69 Å². The Hall–Kier alpha value is -3.73. The zero-order chi connectivity index (χ0) is 20.1. The van der Waals surface area contributed by atoms with Crippen molar-refractivity contribution in [2.75, 3.05) is 0 Å². The first-order valence-electron chi connectivity index (χ1n) is 9.52. The number of carbonyl (C=O) groups excluding carboxylic acids is 1. The van der Waals surface area contributed by atoms with Crippen molar-refractivity contribution in [2.24, 2.45) is 0 Å². The Balaban J connectivity index is 1.30. The van der Waals surface area contributed by atoms with E-state index in [0.29, 0.717) is 5.69 Å². The van der Waals surface area contributed by atoms with Crippen LogP contribution in [0, 0.1) is 11.3 Å². The van der Waals surface area contributed by atoms with Crippen molar-refractivity contribution in [1.82, 2.24) is 25.5 Å². The number of carbonyl (C=O) groups is 1. The van der Waals surface area contributed by atoms with E-state index in [9.17, 15) is 4.79 Å². The number of aromatic nitrogens is 4. The summed E-state index contributed by atoms with van der Waals surface area (Å²) in [5, 5.41) is 19.2. The number of aromatic amines is 1. The van der Waals surface area contributed by atoms with Crippen molar-refractivity contribution in [3.05, 3.63) is 60.2 Å². The minimum atomic E-state index is -0.162. The number of nitriles is 1. The summed E-state index contributed by atoms with van der Waals surface area (Å²) in [6.07, 6.45) is 6.06. The third-order valence-corrected chi connectivity index (χ3v) is 4.95. The number of hydrogen-bond acceptors (Lipinski definition) is 6. The molecular formula is C21H20N6O2. The van der Waals surface area contributed by atoms with Crippen LogP contribution in [0.1, 0.15) is 41.9 Å². The molecule has 0 bridgehead atoms. The molecule has 3 aromatic rings. The first-order valence-corrected chi connectivity index (χ1v) is 9.52. The fraction of sp³-hybridized carbons (Fsp3) is 0.286. The van der Waals surface area contributed by atoms with Crippen molar-refractivity contribution in [3.63, 3.8) is 0 Å². The first kappa shape index (κ1) is 18.6. The van der Waals surface area contributed by atoms with Crippen LogP contribution in [0.2, 0.25) is 0 Å². The van der Waals surface area contributed by atoms with Gasteiger partial charge in [-0.2, -0.15) is 10.4 Å². The fourth-order valence-electron chi connectivity index (χ4n) is 3.43. The molecule has 0 spiro atoms. The van der Waals surface area contributed by atoms with E-state index in [0.717, 1.165) is 36.9 Å². The lowest BCUT2D eigenvalue weighted by Crippen LogP contribution is -2.40. The minimum Gasteiger partial charge on any atom is -0.472 e. The zero-order valence-electron chi connectivity index (χ0n) is 15.7. The summed E-state index contributed by atoms with van der Waals surface area (Å²) in [5.74, 6) is 0.109. The largest absolute Gasteiger partial charge is 0.472 e. The van der Waals surface area contributed by atoms with E-state index in [1.54, 1.807) is 6.07 Å². The third-order valence-electron chi connectivity index (χ3n) is 4.95. The Kier molecular flexibility index (Phi) is 5.47. The van der Waals surface area contributed by atoms with Crippen LogP contribution in [0.5, 0.6) is 5.88 Å². The van der Waals surface area contributed by atoms with Gasteiger partial charge >= 0.3 is 0 Å². The van der Waals surface area contributed by atoms with Gasteiger partial charge in [0.2, 0.25) is 5.69 Å². The molecule has 1 amide bonds. The van der Waals surface area contributed by atoms with Gasteiger partial charge in [-0.05, 0) is 31.7 Å². The van der Waals surface area contributed by atoms with Gasteiger partial charge in [-0.3, -0.25) is 9.89 Å². The molecule has 1 aromatic carbocycles. The van der Waals surface area contributed by atoms with E-state index >= 15 is 0 Å². The molecule has 2 heterocycles. The molecule has 1 fully saturated rings. The van der Waals surface area contributed by atoms with Gasteiger partial charge in [-0.15, -0.1) is 0 Å². The summed E-state index contributed by atoms with van der Waals surface area (Å²) < 4.78 is 5.84. The molecule has 0 unspecified atom stereocenters. The highest BCUT2D eigenvalue weighted by Crippen LogP contribution is 2.24. The summed E-state index contributed by atoms with van der Waals surface area (Å²) in [4.78, 5) is 20.6. The van der Waals surface area contributed by atoms with Crippen LogP contribution in [0.4, 0.5) is 0 Å². The van der Waals surface area contributed by atoms with Gasteiger partial charge < -0.3 is 10.1 Å². The Morgan fingerprint density at radius 1 is 1.14 bits per heavy atom. The monoisotopic (exact) mass is 388 g/mol. The van der Waals surface area contributed by atoms with Crippen molar-refractivity contribution in [1.29, 1.82) is 5.26 Å². The van der Waals surface area contributed by atoms with E-state index in [1.165, 1.54) is 12.4 Å². The molecular weight excluding hydrogens is 368 g/mol. The van der Waals surface area contributed by atoms with Crippen LogP contribution in [-0.4, -0.2) is 38.2 Å².